The van der Waals surface area contributed by atoms with Gasteiger partial charge in [0.15, 0.2) is 0 Å². The van der Waals surface area contributed by atoms with Crippen molar-refractivity contribution >= 4 is 23.2 Å². The lowest BCUT2D eigenvalue weighted by molar-refractivity contribution is -0.385. The van der Waals surface area contributed by atoms with Gasteiger partial charge in [-0.3, -0.25) is 19.9 Å². The fourth-order valence-electron chi connectivity index (χ4n) is 1.90. The molecule has 2 rings (SSSR count). The highest BCUT2D eigenvalue weighted by atomic mass is 35.5. The monoisotopic (exact) mass is 305 g/mol. The number of carbonyl (C=O) groups is 1. The summed E-state index contributed by atoms with van der Waals surface area (Å²) in [4.78, 5) is 28.0. The number of pyridine rings is 1. The van der Waals surface area contributed by atoms with Crippen LogP contribution in [0.3, 0.4) is 0 Å². The number of hydrogen-bond acceptors (Lipinski definition) is 4. The van der Waals surface area contributed by atoms with Crippen molar-refractivity contribution in [1.82, 2.24) is 9.88 Å². The fourth-order valence-corrected chi connectivity index (χ4v) is 2.10. The van der Waals surface area contributed by atoms with Crippen molar-refractivity contribution in [2.24, 2.45) is 0 Å². The van der Waals surface area contributed by atoms with Gasteiger partial charge in [-0.1, -0.05) is 29.8 Å². The average Bonchev–Trinajstić information content (AvgIpc) is 2.47. The molecule has 21 heavy (non-hydrogen) atoms. The van der Waals surface area contributed by atoms with Crippen molar-refractivity contribution in [2.45, 2.75) is 6.54 Å². The molecule has 7 heteroatoms. The average molecular weight is 306 g/mol. The number of nitro benzene ring substituents is 1. The molecule has 1 aromatic heterocycles. The van der Waals surface area contributed by atoms with Crippen LogP contribution in [0.1, 0.15) is 15.9 Å². The lowest BCUT2D eigenvalue weighted by Gasteiger charge is -2.17. The van der Waals surface area contributed by atoms with E-state index in [4.69, 9.17) is 11.6 Å². The second-order valence-corrected chi connectivity index (χ2v) is 4.81. The van der Waals surface area contributed by atoms with E-state index in [2.05, 4.69) is 4.98 Å². The number of aromatic nitrogens is 1. The van der Waals surface area contributed by atoms with Crippen LogP contribution in [-0.2, 0) is 6.54 Å². The van der Waals surface area contributed by atoms with Gasteiger partial charge < -0.3 is 4.90 Å². The fraction of sp³-hybridized carbons (Fsp3) is 0.143. The first-order chi connectivity index (χ1) is 10.0. The van der Waals surface area contributed by atoms with E-state index in [9.17, 15) is 14.9 Å². The molecule has 0 aliphatic heterocycles. The number of para-hydroxylation sites is 1. The van der Waals surface area contributed by atoms with Crippen molar-refractivity contribution < 1.29 is 9.72 Å². The third kappa shape index (κ3) is 3.35. The zero-order valence-corrected chi connectivity index (χ0v) is 11.9. The molecule has 0 fully saturated rings. The summed E-state index contributed by atoms with van der Waals surface area (Å²) in [6.45, 7) is 0.120. The van der Waals surface area contributed by atoms with Crippen LogP contribution in [0, 0.1) is 10.1 Å². The van der Waals surface area contributed by atoms with E-state index < -0.39 is 4.92 Å². The highest BCUT2D eigenvalue weighted by Gasteiger charge is 2.19. The first-order valence-corrected chi connectivity index (χ1v) is 6.45. The van der Waals surface area contributed by atoms with Gasteiger partial charge >= 0.3 is 0 Å². The largest absolute Gasteiger partial charge is 0.337 e. The summed E-state index contributed by atoms with van der Waals surface area (Å²) in [5.74, 6) is -0.319. The molecule has 0 unspecified atom stereocenters. The first-order valence-electron chi connectivity index (χ1n) is 6.08. The molecular weight excluding hydrogens is 294 g/mol. The molecule has 0 saturated heterocycles. The van der Waals surface area contributed by atoms with Crippen LogP contribution in [0.15, 0.2) is 42.7 Å². The van der Waals surface area contributed by atoms with Gasteiger partial charge in [0.05, 0.1) is 22.1 Å². The van der Waals surface area contributed by atoms with Gasteiger partial charge in [0.2, 0.25) is 0 Å². The topological polar surface area (TPSA) is 76.3 Å². The van der Waals surface area contributed by atoms with Crippen LogP contribution in [0.5, 0.6) is 0 Å². The smallest absolute Gasteiger partial charge is 0.274 e. The molecule has 108 valence electrons. The molecule has 0 N–H and O–H groups in total. The Bertz CT molecular complexity index is 691. The zero-order valence-electron chi connectivity index (χ0n) is 11.2. The van der Waals surface area contributed by atoms with Gasteiger partial charge in [0.25, 0.3) is 11.6 Å². The molecule has 0 spiro atoms. The maximum Gasteiger partial charge on any atom is 0.274 e. The van der Waals surface area contributed by atoms with Gasteiger partial charge in [0, 0.05) is 31.1 Å². The Morgan fingerprint density at radius 3 is 2.76 bits per heavy atom. The summed E-state index contributed by atoms with van der Waals surface area (Å²) in [6, 6.07) is 7.83. The van der Waals surface area contributed by atoms with Crippen molar-refractivity contribution in [2.75, 3.05) is 7.05 Å². The highest BCUT2D eigenvalue weighted by Crippen LogP contribution is 2.21. The molecule has 6 nitrogen and oxygen atoms in total. The van der Waals surface area contributed by atoms with Gasteiger partial charge in [0.1, 0.15) is 0 Å². The lowest BCUT2D eigenvalue weighted by Crippen LogP contribution is -2.26. The SMILES string of the molecule is CN(Cc1ccccc1[N+](=O)[O-])C(=O)c1ccncc1Cl. The van der Waals surface area contributed by atoms with E-state index >= 15 is 0 Å². The number of halogens is 1. The number of amides is 1. The lowest BCUT2D eigenvalue weighted by atomic mass is 10.1. The normalized spacial score (nSPS) is 10.2. The van der Waals surface area contributed by atoms with Crippen LogP contribution >= 0.6 is 11.6 Å². The van der Waals surface area contributed by atoms with Crippen molar-refractivity contribution in [3.63, 3.8) is 0 Å². The number of nitrogens with zero attached hydrogens (tertiary/aromatic N) is 3. The Hall–Kier alpha value is -2.47. The molecule has 1 amide bonds. The number of rotatable bonds is 4. The van der Waals surface area contributed by atoms with Gasteiger partial charge in [-0.2, -0.15) is 0 Å². The summed E-state index contributed by atoms with van der Waals surface area (Å²) in [7, 11) is 1.57. The summed E-state index contributed by atoms with van der Waals surface area (Å²) >= 11 is 5.93. The predicted octanol–water partition coefficient (Wildman–Crippen LogP) is 2.92. The molecule has 0 saturated carbocycles. The van der Waals surface area contributed by atoms with Gasteiger partial charge in [-0.05, 0) is 6.07 Å². The molecule has 2 aromatic rings. The molecule has 0 aliphatic rings. The summed E-state index contributed by atoms with van der Waals surface area (Å²) in [6.07, 6.45) is 2.85. The zero-order chi connectivity index (χ0) is 15.4. The predicted molar refractivity (Wildman–Crippen MR) is 78.1 cm³/mol. The Morgan fingerprint density at radius 1 is 1.38 bits per heavy atom. The molecule has 1 aromatic carbocycles. The summed E-state index contributed by atoms with van der Waals surface area (Å²) in [5.41, 5.74) is 0.759. The molecule has 0 atom stereocenters. The van der Waals surface area contributed by atoms with Crippen molar-refractivity contribution in [1.29, 1.82) is 0 Å². The molecule has 0 aliphatic carbocycles. The van der Waals surface area contributed by atoms with Gasteiger partial charge in [-0.25, -0.2) is 0 Å². The van der Waals surface area contributed by atoms with E-state index in [1.165, 1.54) is 29.4 Å². The third-order valence-corrected chi connectivity index (χ3v) is 3.25. The van der Waals surface area contributed by atoms with Gasteiger partial charge in [-0.15, -0.1) is 0 Å². The minimum Gasteiger partial charge on any atom is -0.337 e. The minimum absolute atomic E-state index is 0.0158. The third-order valence-electron chi connectivity index (χ3n) is 2.95. The van der Waals surface area contributed by atoms with E-state index in [1.54, 1.807) is 25.2 Å². The summed E-state index contributed by atoms with van der Waals surface area (Å²) in [5, 5.41) is 11.2. The number of carbonyl (C=O) groups excluding carboxylic acids is 1. The van der Waals surface area contributed by atoms with Crippen LogP contribution in [0.2, 0.25) is 5.02 Å². The Kier molecular flexibility index (Phi) is 4.49. The molecule has 1 heterocycles. The van der Waals surface area contributed by atoms with E-state index in [1.807, 2.05) is 0 Å². The molecular formula is C14H12ClN3O3. The second-order valence-electron chi connectivity index (χ2n) is 4.40. The quantitative estimate of drug-likeness (QED) is 0.643. The molecule has 0 bridgehead atoms. The minimum atomic E-state index is -0.465. The standard InChI is InChI=1S/C14H12ClN3O3/c1-17(14(19)11-6-7-16-8-12(11)15)9-10-4-2-3-5-13(10)18(20)21/h2-8H,9H2,1H3. The Labute approximate surface area is 126 Å². The number of hydrogen-bond donors (Lipinski definition) is 0. The Morgan fingerprint density at radius 2 is 2.10 bits per heavy atom. The van der Waals surface area contributed by atoms with Crippen molar-refractivity contribution in [3.8, 4) is 0 Å². The maximum absolute atomic E-state index is 12.3. The van der Waals surface area contributed by atoms with E-state index in [0.717, 1.165) is 0 Å². The maximum atomic E-state index is 12.3. The summed E-state index contributed by atoms with van der Waals surface area (Å²) < 4.78 is 0. The van der Waals surface area contributed by atoms with Crippen LogP contribution < -0.4 is 0 Å². The van der Waals surface area contributed by atoms with E-state index in [-0.39, 0.29) is 23.2 Å². The molecule has 0 radical (unpaired) electrons. The number of benzene rings is 1. The number of nitro groups is 1. The van der Waals surface area contributed by atoms with Crippen LogP contribution in [0.25, 0.3) is 0 Å². The Balaban J connectivity index is 2.23. The second kappa shape index (κ2) is 6.32. The van der Waals surface area contributed by atoms with Crippen LogP contribution in [0.4, 0.5) is 5.69 Å². The van der Waals surface area contributed by atoms with Crippen molar-refractivity contribution in [3.05, 3.63) is 69.0 Å². The highest BCUT2D eigenvalue weighted by molar-refractivity contribution is 6.33. The van der Waals surface area contributed by atoms with E-state index in [0.29, 0.717) is 11.1 Å². The van der Waals surface area contributed by atoms with Crippen LogP contribution in [-0.4, -0.2) is 27.8 Å². The first kappa shape index (κ1) is 14.9.